The number of hydrogen-bond donors (Lipinski definition) is 4. The minimum atomic E-state index is -0.273. The van der Waals surface area contributed by atoms with Crippen molar-refractivity contribution in [1.29, 1.82) is 0 Å². The van der Waals surface area contributed by atoms with Crippen molar-refractivity contribution < 1.29 is 4.74 Å². The molecule has 4 unspecified atom stereocenters. The van der Waals surface area contributed by atoms with Gasteiger partial charge in [0.05, 0.1) is 44.7 Å². The Morgan fingerprint density at radius 3 is 2.68 bits per heavy atom. The lowest BCUT2D eigenvalue weighted by Gasteiger charge is -2.36. The lowest BCUT2D eigenvalue weighted by atomic mass is 9.79. The van der Waals surface area contributed by atoms with Gasteiger partial charge in [-0.15, -0.1) is 3.25 Å². The number of thiol groups is 1. The van der Waals surface area contributed by atoms with Crippen LogP contribution < -0.4 is 16.2 Å². The molecular formula is C27H49IN8OS. The van der Waals surface area contributed by atoms with Crippen molar-refractivity contribution in [3.8, 4) is 0 Å². The zero-order valence-corrected chi connectivity index (χ0v) is 27.4. The van der Waals surface area contributed by atoms with Crippen molar-refractivity contribution in [3.05, 3.63) is 21.9 Å². The lowest BCUT2D eigenvalue weighted by molar-refractivity contribution is -0.0580. The molecule has 3 rings (SSSR count). The second-order valence-corrected chi connectivity index (χ2v) is 14.3. The van der Waals surface area contributed by atoms with Crippen LogP contribution in [0.25, 0.3) is 0 Å². The molecule has 0 radical (unpaired) electrons. The van der Waals surface area contributed by atoms with Crippen LogP contribution in [-0.4, -0.2) is 79.1 Å². The minimum absolute atomic E-state index is 0.00413. The van der Waals surface area contributed by atoms with Crippen LogP contribution >= 0.6 is 33.7 Å². The number of hydrazine groups is 1. The van der Waals surface area contributed by atoms with Crippen LogP contribution in [0.1, 0.15) is 54.4 Å². The second-order valence-electron chi connectivity index (χ2n) is 11.5. The van der Waals surface area contributed by atoms with Gasteiger partial charge in [-0.1, -0.05) is 32.9 Å². The van der Waals surface area contributed by atoms with Gasteiger partial charge in [0.1, 0.15) is 12.0 Å². The van der Waals surface area contributed by atoms with Crippen LogP contribution in [-0.2, 0) is 4.74 Å². The molecule has 7 atom stereocenters. The molecule has 38 heavy (non-hydrogen) atoms. The Labute approximate surface area is 245 Å². The molecule has 11 heteroatoms. The Hall–Kier alpha value is -0.700. The van der Waals surface area contributed by atoms with E-state index in [1.54, 1.807) is 0 Å². The number of rotatable bonds is 13. The van der Waals surface area contributed by atoms with Gasteiger partial charge in [-0.3, -0.25) is 25.6 Å². The van der Waals surface area contributed by atoms with Gasteiger partial charge in [0.25, 0.3) is 0 Å². The Morgan fingerprint density at radius 1 is 1.29 bits per heavy atom. The van der Waals surface area contributed by atoms with E-state index in [0.29, 0.717) is 18.6 Å². The van der Waals surface area contributed by atoms with Crippen LogP contribution in [0.15, 0.2) is 35.2 Å². The van der Waals surface area contributed by atoms with Crippen molar-refractivity contribution in [3.63, 3.8) is 0 Å². The van der Waals surface area contributed by atoms with Gasteiger partial charge in [0.15, 0.2) is 0 Å². The third kappa shape index (κ3) is 9.45. The van der Waals surface area contributed by atoms with Gasteiger partial charge in [0.2, 0.25) is 0 Å². The topological polar surface area (TPSA) is 88.9 Å². The standard InChI is InChI=1S/C27H49IN8OS/c1-9-20(15-35(7)17-37-27(4,5)6)31-25-22(26(38)33-30-10-2)14-29-24(32-25)19-12-11-18(3)21(13-19)23-16-36(8)34-28-23/h11-12,14,16,18-22,25-26,30-31,33,38H,9-10,13,15,17H2,1-8H3/t18?,19?,20-,21?,22?,25+,26-/m1/s1. The zero-order valence-electron chi connectivity index (χ0n) is 24.4. The van der Waals surface area contributed by atoms with E-state index in [0.717, 1.165) is 31.8 Å². The van der Waals surface area contributed by atoms with Gasteiger partial charge in [-0.05, 0) is 52.5 Å². The van der Waals surface area contributed by atoms with Crippen LogP contribution in [0.3, 0.4) is 0 Å². The lowest BCUT2D eigenvalue weighted by Crippen LogP contribution is -2.54. The highest BCUT2D eigenvalue weighted by molar-refractivity contribution is 14.2. The molecular weight excluding hydrogens is 611 g/mol. The molecule has 0 bridgehead atoms. The maximum atomic E-state index is 5.99. The summed E-state index contributed by atoms with van der Waals surface area (Å²) in [6.07, 6.45) is 10.8. The van der Waals surface area contributed by atoms with E-state index in [9.17, 15) is 0 Å². The zero-order chi connectivity index (χ0) is 27.9. The average molecular weight is 661 g/mol. The van der Waals surface area contributed by atoms with Crippen LogP contribution in [0, 0.1) is 23.7 Å². The van der Waals surface area contributed by atoms with E-state index in [2.05, 4.69) is 91.3 Å². The van der Waals surface area contributed by atoms with Crippen molar-refractivity contribution in [2.24, 2.45) is 36.9 Å². The molecule has 3 N–H and O–H groups in total. The SMILES string of the molecule is CCNN[C@H](S)C1C=NC(C2C=CC(C)C(C3=CN(C)N=I3)C2)=N[C@@H]1N[C@H](CC)CN(C)COC(C)(C)C. The molecule has 0 spiro atoms. The van der Waals surface area contributed by atoms with Crippen molar-refractivity contribution >= 4 is 45.7 Å². The fourth-order valence-electron chi connectivity index (χ4n) is 4.73. The number of hydrogen-bond acceptors (Lipinski definition) is 10. The van der Waals surface area contributed by atoms with Gasteiger partial charge in [-0.25, -0.2) is 10.4 Å². The van der Waals surface area contributed by atoms with E-state index >= 15 is 0 Å². The second kappa shape index (κ2) is 14.8. The van der Waals surface area contributed by atoms with Gasteiger partial charge in [0, 0.05) is 48.1 Å². The van der Waals surface area contributed by atoms with Crippen LogP contribution in [0.4, 0.5) is 0 Å². The molecule has 216 valence electrons. The highest BCUT2D eigenvalue weighted by Crippen LogP contribution is 2.42. The summed E-state index contributed by atoms with van der Waals surface area (Å²) < 4.78 is 12.2. The minimum Gasteiger partial charge on any atom is -0.361 e. The predicted octanol–water partition coefficient (Wildman–Crippen LogP) is 4.54. The number of nitrogens with one attached hydrogen (secondary N) is 3. The fourth-order valence-corrected chi connectivity index (χ4v) is 7.48. The first-order valence-electron chi connectivity index (χ1n) is 13.9. The molecule has 0 aromatic heterocycles. The largest absolute Gasteiger partial charge is 0.361 e. The summed E-state index contributed by atoms with van der Waals surface area (Å²) in [7, 11) is 4.14. The number of allylic oxidation sites excluding steroid dienone is 2. The summed E-state index contributed by atoms with van der Waals surface area (Å²) in [5, 5.41) is 5.71. The molecule has 9 nitrogen and oxygen atoms in total. The molecule has 0 aromatic rings. The average Bonchev–Trinajstić information content (AvgIpc) is 3.31. The van der Waals surface area contributed by atoms with Crippen molar-refractivity contribution in [2.45, 2.75) is 77.6 Å². The molecule has 3 aliphatic rings. The molecule has 0 saturated heterocycles. The summed E-state index contributed by atoms with van der Waals surface area (Å²) in [5.41, 5.74) is 6.34. The number of halogens is 1. The molecule has 0 amide bonds. The quantitative estimate of drug-likeness (QED) is 0.0764. The molecule has 1 aliphatic carbocycles. The summed E-state index contributed by atoms with van der Waals surface area (Å²) in [5.74, 6) is 2.13. The predicted molar refractivity (Wildman–Crippen MR) is 171 cm³/mol. The van der Waals surface area contributed by atoms with E-state index in [4.69, 9.17) is 27.4 Å². The maximum absolute atomic E-state index is 5.99. The van der Waals surface area contributed by atoms with Gasteiger partial charge in [-0.2, -0.15) is 12.6 Å². The number of ether oxygens (including phenoxy) is 1. The molecule has 2 aliphatic heterocycles. The number of nitrogens with zero attached hydrogens (tertiary/aromatic N) is 5. The third-order valence-electron chi connectivity index (χ3n) is 7.00. The van der Waals surface area contributed by atoms with Crippen LogP contribution in [0.2, 0.25) is 0 Å². The number of amidine groups is 1. The normalized spacial score (nSPS) is 29.3. The highest BCUT2D eigenvalue weighted by Gasteiger charge is 2.35. The highest BCUT2D eigenvalue weighted by atomic mass is 127. The van der Waals surface area contributed by atoms with Gasteiger partial charge < -0.3 is 4.74 Å². The first kappa shape index (κ1) is 31.8. The summed E-state index contributed by atoms with van der Waals surface area (Å²) in [6.45, 7) is 15.1. The monoisotopic (exact) mass is 660 g/mol. The maximum Gasteiger partial charge on any atom is 0.131 e. The summed E-state index contributed by atoms with van der Waals surface area (Å²) >= 11 is 4.59. The third-order valence-corrected chi connectivity index (χ3v) is 10.0. The summed E-state index contributed by atoms with van der Waals surface area (Å²) in [4.78, 5) is 12.4. The van der Waals surface area contributed by atoms with E-state index in [-0.39, 0.29) is 56.1 Å². The van der Waals surface area contributed by atoms with Crippen molar-refractivity contribution in [1.82, 2.24) is 26.1 Å². The van der Waals surface area contributed by atoms with E-state index in [1.165, 1.54) is 3.58 Å². The Morgan fingerprint density at radius 2 is 2.05 bits per heavy atom. The van der Waals surface area contributed by atoms with E-state index < -0.39 is 0 Å². The molecule has 0 saturated carbocycles. The smallest absolute Gasteiger partial charge is 0.131 e. The van der Waals surface area contributed by atoms with Crippen LogP contribution in [0.5, 0.6) is 0 Å². The van der Waals surface area contributed by atoms with Gasteiger partial charge >= 0.3 is 0 Å². The molecule has 2 heterocycles. The van der Waals surface area contributed by atoms with Crippen molar-refractivity contribution in [2.75, 3.05) is 33.9 Å². The fraction of sp³-hybridized carbons (Fsp3) is 0.778. The Bertz CT molecular complexity index is 917. The number of aliphatic imine (C=N–C) groups is 2. The molecule has 0 fully saturated rings. The Balaban J connectivity index is 1.76. The Kier molecular flexibility index (Phi) is 12.4. The number of likely N-dealkylation sites (N-methyl/N-ethyl adjacent to an activating group) is 1. The van der Waals surface area contributed by atoms with E-state index in [1.807, 2.05) is 18.3 Å². The first-order chi connectivity index (χ1) is 18.0. The molecule has 0 aromatic carbocycles. The summed E-state index contributed by atoms with van der Waals surface area (Å²) in [6, 6.07) is 0.257. The first-order valence-corrected chi connectivity index (χ1v) is 16.4.